The van der Waals surface area contributed by atoms with Crippen molar-refractivity contribution < 1.29 is 18.7 Å². The monoisotopic (exact) mass is 324 g/mol. The second-order valence-corrected chi connectivity index (χ2v) is 5.56. The SMILES string of the molecule is O=C(CCCOc1ccc(F)cc1)NCCCN1CCOCC1. The number of nitrogens with one attached hydrogen (secondary N) is 1. The number of ether oxygens (including phenoxy) is 2. The fourth-order valence-electron chi connectivity index (χ4n) is 2.40. The Kier molecular flexibility index (Phi) is 7.83. The molecule has 128 valence electrons. The minimum atomic E-state index is -0.284. The van der Waals surface area contributed by atoms with Crippen molar-refractivity contribution in [2.24, 2.45) is 0 Å². The summed E-state index contributed by atoms with van der Waals surface area (Å²) < 4.78 is 23.5. The fourth-order valence-corrected chi connectivity index (χ4v) is 2.40. The van der Waals surface area contributed by atoms with Crippen LogP contribution in [0.15, 0.2) is 24.3 Å². The maximum atomic E-state index is 12.7. The smallest absolute Gasteiger partial charge is 0.220 e. The lowest BCUT2D eigenvalue weighted by Crippen LogP contribution is -2.38. The maximum Gasteiger partial charge on any atom is 0.220 e. The Bertz CT molecular complexity index is 461. The van der Waals surface area contributed by atoms with Gasteiger partial charge in [0.25, 0.3) is 0 Å². The summed E-state index contributed by atoms with van der Waals surface area (Å²) in [6, 6.07) is 5.88. The third kappa shape index (κ3) is 7.43. The minimum Gasteiger partial charge on any atom is -0.494 e. The molecule has 1 saturated heterocycles. The highest BCUT2D eigenvalue weighted by molar-refractivity contribution is 5.75. The van der Waals surface area contributed by atoms with Gasteiger partial charge in [0, 0.05) is 26.1 Å². The summed E-state index contributed by atoms with van der Waals surface area (Å²) in [5, 5.41) is 2.93. The predicted octanol–water partition coefficient (Wildman–Crippen LogP) is 1.82. The van der Waals surface area contributed by atoms with Gasteiger partial charge in [-0.1, -0.05) is 0 Å². The lowest BCUT2D eigenvalue weighted by molar-refractivity contribution is -0.121. The first kappa shape index (κ1) is 17.7. The molecule has 1 heterocycles. The number of morpholine rings is 1. The summed E-state index contributed by atoms with van der Waals surface area (Å²) >= 11 is 0. The van der Waals surface area contributed by atoms with Gasteiger partial charge in [-0.3, -0.25) is 9.69 Å². The van der Waals surface area contributed by atoms with Crippen LogP contribution in [0.1, 0.15) is 19.3 Å². The van der Waals surface area contributed by atoms with E-state index in [1.54, 1.807) is 12.1 Å². The van der Waals surface area contributed by atoms with E-state index in [4.69, 9.17) is 9.47 Å². The molecule has 6 heteroatoms. The number of carbonyl (C=O) groups is 1. The second kappa shape index (κ2) is 10.2. The Labute approximate surface area is 136 Å². The number of carbonyl (C=O) groups excluding carboxylic acids is 1. The molecule has 1 aromatic rings. The lowest BCUT2D eigenvalue weighted by Gasteiger charge is -2.26. The predicted molar refractivity (Wildman–Crippen MR) is 86.0 cm³/mol. The van der Waals surface area contributed by atoms with Gasteiger partial charge in [-0.15, -0.1) is 0 Å². The van der Waals surface area contributed by atoms with Gasteiger partial charge >= 0.3 is 0 Å². The van der Waals surface area contributed by atoms with E-state index < -0.39 is 0 Å². The number of hydrogen-bond acceptors (Lipinski definition) is 4. The van der Waals surface area contributed by atoms with Crippen LogP contribution in [-0.4, -0.2) is 56.8 Å². The third-order valence-electron chi connectivity index (χ3n) is 3.71. The van der Waals surface area contributed by atoms with E-state index in [-0.39, 0.29) is 11.7 Å². The van der Waals surface area contributed by atoms with Crippen LogP contribution in [0, 0.1) is 5.82 Å². The van der Waals surface area contributed by atoms with Crippen LogP contribution in [0.2, 0.25) is 0 Å². The van der Waals surface area contributed by atoms with Gasteiger partial charge < -0.3 is 14.8 Å². The van der Waals surface area contributed by atoms with Crippen molar-refractivity contribution in [3.63, 3.8) is 0 Å². The highest BCUT2D eigenvalue weighted by atomic mass is 19.1. The molecule has 0 radical (unpaired) electrons. The molecule has 1 amide bonds. The molecular weight excluding hydrogens is 299 g/mol. The van der Waals surface area contributed by atoms with Crippen LogP contribution in [-0.2, 0) is 9.53 Å². The summed E-state index contributed by atoms with van der Waals surface area (Å²) in [6.07, 6.45) is 2.04. The van der Waals surface area contributed by atoms with E-state index in [9.17, 15) is 9.18 Å². The molecule has 0 unspecified atom stereocenters. The molecule has 5 nitrogen and oxygen atoms in total. The average Bonchev–Trinajstić information content (AvgIpc) is 2.58. The maximum absolute atomic E-state index is 12.7. The molecule has 23 heavy (non-hydrogen) atoms. The summed E-state index contributed by atoms with van der Waals surface area (Å²) in [5.74, 6) is 0.390. The molecule has 2 rings (SSSR count). The van der Waals surface area contributed by atoms with Gasteiger partial charge in [-0.25, -0.2) is 4.39 Å². The van der Waals surface area contributed by atoms with Crippen LogP contribution in [0.5, 0.6) is 5.75 Å². The number of rotatable bonds is 9. The van der Waals surface area contributed by atoms with Gasteiger partial charge in [-0.05, 0) is 43.7 Å². The topological polar surface area (TPSA) is 50.8 Å². The largest absolute Gasteiger partial charge is 0.494 e. The van der Waals surface area contributed by atoms with E-state index in [0.29, 0.717) is 31.7 Å². The first-order chi connectivity index (χ1) is 11.2. The Morgan fingerprint density at radius 3 is 2.70 bits per heavy atom. The van der Waals surface area contributed by atoms with Crippen molar-refractivity contribution in [3.05, 3.63) is 30.1 Å². The number of benzene rings is 1. The van der Waals surface area contributed by atoms with E-state index in [1.807, 2.05) is 0 Å². The summed E-state index contributed by atoms with van der Waals surface area (Å²) in [5.41, 5.74) is 0. The Morgan fingerprint density at radius 1 is 1.22 bits per heavy atom. The van der Waals surface area contributed by atoms with Crippen molar-refractivity contribution in [1.29, 1.82) is 0 Å². The molecule has 0 bridgehead atoms. The van der Waals surface area contributed by atoms with Crippen molar-refractivity contribution >= 4 is 5.91 Å². The number of nitrogens with zero attached hydrogens (tertiary/aromatic N) is 1. The van der Waals surface area contributed by atoms with E-state index in [2.05, 4.69) is 10.2 Å². The molecule has 0 aromatic heterocycles. The molecule has 1 aliphatic heterocycles. The lowest BCUT2D eigenvalue weighted by atomic mass is 10.3. The standard InChI is InChI=1S/C17H25FN2O3/c18-15-4-6-16(7-5-15)23-12-1-3-17(21)19-8-2-9-20-10-13-22-14-11-20/h4-7H,1-3,8-14H2,(H,19,21). The zero-order valence-electron chi connectivity index (χ0n) is 13.4. The van der Waals surface area contributed by atoms with Crippen LogP contribution in [0.4, 0.5) is 4.39 Å². The Balaban J connectivity index is 1.46. The molecule has 1 aromatic carbocycles. The highest BCUT2D eigenvalue weighted by Gasteiger charge is 2.09. The normalized spacial score (nSPS) is 15.3. The molecule has 0 atom stereocenters. The third-order valence-corrected chi connectivity index (χ3v) is 3.71. The Hall–Kier alpha value is -1.66. The summed E-state index contributed by atoms with van der Waals surface area (Å²) in [7, 11) is 0. The first-order valence-electron chi connectivity index (χ1n) is 8.19. The molecule has 1 aliphatic rings. The molecular formula is C17H25FN2O3. The molecule has 1 N–H and O–H groups in total. The van der Waals surface area contributed by atoms with Crippen molar-refractivity contribution in [1.82, 2.24) is 10.2 Å². The van der Waals surface area contributed by atoms with Gasteiger partial charge in [0.05, 0.1) is 19.8 Å². The summed E-state index contributed by atoms with van der Waals surface area (Å²) in [6.45, 7) is 5.73. The zero-order chi connectivity index (χ0) is 16.3. The van der Waals surface area contributed by atoms with Gasteiger partial charge in [0.1, 0.15) is 11.6 Å². The number of amides is 1. The minimum absolute atomic E-state index is 0.0506. The van der Waals surface area contributed by atoms with E-state index in [0.717, 1.165) is 39.3 Å². The van der Waals surface area contributed by atoms with Crippen molar-refractivity contribution in [2.75, 3.05) is 46.0 Å². The van der Waals surface area contributed by atoms with Crippen LogP contribution < -0.4 is 10.1 Å². The average molecular weight is 324 g/mol. The van der Waals surface area contributed by atoms with Gasteiger partial charge in [-0.2, -0.15) is 0 Å². The van der Waals surface area contributed by atoms with Crippen molar-refractivity contribution in [3.8, 4) is 5.75 Å². The summed E-state index contributed by atoms with van der Waals surface area (Å²) in [4.78, 5) is 14.1. The molecule has 0 saturated carbocycles. The molecule has 1 fully saturated rings. The van der Waals surface area contributed by atoms with Crippen LogP contribution >= 0.6 is 0 Å². The molecule has 0 spiro atoms. The van der Waals surface area contributed by atoms with Gasteiger partial charge in [0.2, 0.25) is 5.91 Å². The van der Waals surface area contributed by atoms with Crippen LogP contribution in [0.3, 0.4) is 0 Å². The van der Waals surface area contributed by atoms with Crippen molar-refractivity contribution in [2.45, 2.75) is 19.3 Å². The van der Waals surface area contributed by atoms with Gasteiger partial charge in [0.15, 0.2) is 0 Å². The first-order valence-corrected chi connectivity index (χ1v) is 8.19. The van der Waals surface area contributed by atoms with Crippen LogP contribution in [0.25, 0.3) is 0 Å². The number of hydrogen-bond donors (Lipinski definition) is 1. The second-order valence-electron chi connectivity index (χ2n) is 5.56. The quantitative estimate of drug-likeness (QED) is 0.704. The molecule has 0 aliphatic carbocycles. The number of halogens is 1. The van der Waals surface area contributed by atoms with E-state index in [1.165, 1.54) is 12.1 Å². The van der Waals surface area contributed by atoms with E-state index >= 15 is 0 Å². The Morgan fingerprint density at radius 2 is 1.96 bits per heavy atom. The fraction of sp³-hybridized carbons (Fsp3) is 0.588. The zero-order valence-corrected chi connectivity index (χ0v) is 13.4. The highest BCUT2D eigenvalue weighted by Crippen LogP contribution is 2.11.